The van der Waals surface area contributed by atoms with Crippen molar-refractivity contribution in [1.29, 1.82) is 0 Å². The van der Waals surface area contributed by atoms with Crippen molar-refractivity contribution in [3.63, 3.8) is 0 Å². The van der Waals surface area contributed by atoms with Gasteiger partial charge in [-0.2, -0.15) is 0 Å². The number of esters is 1. The maximum Gasteiger partial charge on any atom is 0.342 e. The van der Waals surface area contributed by atoms with Gasteiger partial charge in [0, 0.05) is 6.54 Å². The molecule has 1 aromatic rings. The van der Waals surface area contributed by atoms with Crippen LogP contribution in [-0.2, 0) is 4.74 Å². The second kappa shape index (κ2) is 8.79. The van der Waals surface area contributed by atoms with Crippen LogP contribution in [0.5, 0.6) is 5.75 Å². The van der Waals surface area contributed by atoms with Gasteiger partial charge in [-0.15, -0.1) is 0 Å². The highest BCUT2D eigenvalue weighted by molar-refractivity contribution is 5.95. The molecule has 0 bridgehead atoms. The van der Waals surface area contributed by atoms with Crippen molar-refractivity contribution in [3.8, 4) is 5.75 Å². The molecule has 0 fully saturated rings. The molecule has 0 aliphatic rings. The monoisotopic (exact) mass is 307 g/mol. The number of benzene rings is 1. The van der Waals surface area contributed by atoms with Crippen molar-refractivity contribution in [1.82, 2.24) is 4.90 Å². The standard InChI is InChI=1S/C18H29NO3/c1-7-11-22-18(20)16-15(13(2)3)9-8-14(4)17(16)21-12-10-19(5)6/h8-9,13H,7,10-12H2,1-6H3. The molecule has 4 nitrogen and oxygen atoms in total. The number of nitrogens with zero attached hydrogens (tertiary/aromatic N) is 1. The van der Waals surface area contributed by atoms with Gasteiger partial charge in [-0.1, -0.05) is 32.9 Å². The van der Waals surface area contributed by atoms with E-state index in [1.54, 1.807) is 0 Å². The second-order valence-corrected chi connectivity index (χ2v) is 6.12. The van der Waals surface area contributed by atoms with E-state index in [0.29, 0.717) is 24.5 Å². The predicted octanol–water partition coefficient (Wildman–Crippen LogP) is 3.63. The van der Waals surface area contributed by atoms with E-state index in [0.717, 1.165) is 24.1 Å². The maximum atomic E-state index is 12.5. The first-order chi connectivity index (χ1) is 10.4. The van der Waals surface area contributed by atoms with E-state index in [-0.39, 0.29) is 11.9 Å². The first kappa shape index (κ1) is 18.5. The Morgan fingerprint density at radius 1 is 1.23 bits per heavy atom. The maximum absolute atomic E-state index is 12.5. The highest BCUT2D eigenvalue weighted by Crippen LogP contribution is 2.32. The summed E-state index contributed by atoms with van der Waals surface area (Å²) in [5.41, 5.74) is 2.53. The summed E-state index contributed by atoms with van der Waals surface area (Å²) in [5.74, 6) is 0.615. The summed E-state index contributed by atoms with van der Waals surface area (Å²) in [5, 5.41) is 0. The lowest BCUT2D eigenvalue weighted by Gasteiger charge is -2.19. The molecule has 0 aromatic heterocycles. The third-order valence-corrected chi connectivity index (χ3v) is 3.44. The number of carbonyl (C=O) groups is 1. The van der Waals surface area contributed by atoms with Crippen molar-refractivity contribution >= 4 is 5.97 Å². The van der Waals surface area contributed by atoms with Gasteiger partial charge in [0.15, 0.2) is 0 Å². The second-order valence-electron chi connectivity index (χ2n) is 6.12. The van der Waals surface area contributed by atoms with Gasteiger partial charge in [-0.05, 0) is 44.5 Å². The Labute approximate surface area is 134 Å². The molecule has 0 N–H and O–H groups in total. The number of ether oxygens (including phenoxy) is 2. The Hall–Kier alpha value is -1.55. The van der Waals surface area contributed by atoms with E-state index in [9.17, 15) is 4.79 Å². The smallest absolute Gasteiger partial charge is 0.342 e. The molecule has 0 radical (unpaired) electrons. The van der Waals surface area contributed by atoms with Crippen LogP contribution in [0.25, 0.3) is 0 Å². The van der Waals surface area contributed by atoms with Crippen molar-refractivity contribution < 1.29 is 14.3 Å². The van der Waals surface area contributed by atoms with E-state index in [1.807, 2.05) is 40.1 Å². The Bertz CT molecular complexity index is 495. The molecule has 0 aliphatic heterocycles. The number of likely N-dealkylation sites (N-methyl/N-ethyl adjacent to an activating group) is 1. The minimum absolute atomic E-state index is 0.237. The highest BCUT2D eigenvalue weighted by Gasteiger charge is 2.22. The van der Waals surface area contributed by atoms with E-state index < -0.39 is 0 Å². The third kappa shape index (κ3) is 5.02. The van der Waals surface area contributed by atoms with E-state index >= 15 is 0 Å². The molecule has 22 heavy (non-hydrogen) atoms. The average molecular weight is 307 g/mol. The van der Waals surface area contributed by atoms with E-state index in [1.165, 1.54) is 0 Å². The SMILES string of the molecule is CCCOC(=O)c1c(C(C)C)ccc(C)c1OCCN(C)C. The minimum Gasteiger partial charge on any atom is -0.491 e. The zero-order valence-corrected chi connectivity index (χ0v) is 14.7. The van der Waals surface area contributed by atoms with E-state index in [4.69, 9.17) is 9.47 Å². The zero-order valence-electron chi connectivity index (χ0n) is 14.7. The fraction of sp³-hybridized carbons (Fsp3) is 0.611. The van der Waals surface area contributed by atoms with Gasteiger partial charge in [-0.25, -0.2) is 4.79 Å². The quantitative estimate of drug-likeness (QED) is 0.688. The molecule has 0 amide bonds. The van der Waals surface area contributed by atoms with Crippen LogP contribution in [0.15, 0.2) is 12.1 Å². The Morgan fingerprint density at radius 2 is 1.91 bits per heavy atom. The first-order valence-corrected chi connectivity index (χ1v) is 7.96. The molecule has 0 saturated carbocycles. The molecule has 1 rings (SSSR count). The lowest BCUT2D eigenvalue weighted by atomic mass is 9.94. The highest BCUT2D eigenvalue weighted by atomic mass is 16.5. The predicted molar refractivity (Wildman–Crippen MR) is 89.9 cm³/mol. The Balaban J connectivity index is 3.15. The number of aryl methyl sites for hydroxylation is 1. The minimum atomic E-state index is -0.283. The molecule has 124 valence electrons. The molecule has 0 spiro atoms. The van der Waals surface area contributed by atoms with Crippen LogP contribution in [0.1, 0.15) is 54.6 Å². The van der Waals surface area contributed by atoms with Gasteiger partial charge in [-0.3, -0.25) is 0 Å². The fourth-order valence-electron chi connectivity index (χ4n) is 2.18. The van der Waals surface area contributed by atoms with Gasteiger partial charge in [0.25, 0.3) is 0 Å². The normalized spacial score (nSPS) is 11.1. The molecule has 0 unspecified atom stereocenters. The molecule has 0 atom stereocenters. The van der Waals surface area contributed by atoms with Crippen LogP contribution >= 0.6 is 0 Å². The fourth-order valence-corrected chi connectivity index (χ4v) is 2.18. The number of hydrogen-bond donors (Lipinski definition) is 0. The summed E-state index contributed by atoms with van der Waals surface area (Å²) in [6.45, 7) is 9.88. The van der Waals surface area contributed by atoms with Crippen LogP contribution in [0, 0.1) is 6.92 Å². The van der Waals surface area contributed by atoms with Gasteiger partial charge >= 0.3 is 5.97 Å². The van der Waals surface area contributed by atoms with Gasteiger partial charge in [0.05, 0.1) is 6.61 Å². The largest absolute Gasteiger partial charge is 0.491 e. The van der Waals surface area contributed by atoms with Gasteiger partial charge in [0.2, 0.25) is 0 Å². The van der Waals surface area contributed by atoms with Crippen LogP contribution in [0.2, 0.25) is 0 Å². The van der Waals surface area contributed by atoms with Crippen molar-refractivity contribution in [2.45, 2.75) is 40.0 Å². The molecule has 0 heterocycles. The number of rotatable bonds is 8. The van der Waals surface area contributed by atoms with Gasteiger partial charge < -0.3 is 14.4 Å². The summed E-state index contributed by atoms with van der Waals surface area (Å²) in [4.78, 5) is 14.5. The first-order valence-electron chi connectivity index (χ1n) is 7.96. The molecule has 1 aromatic carbocycles. The van der Waals surface area contributed by atoms with Crippen LogP contribution in [-0.4, -0.2) is 44.7 Å². The summed E-state index contributed by atoms with van der Waals surface area (Å²) in [7, 11) is 3.99. The molecule has 0 aliphatic carbocycles. The zero-order chi connectivity index (χ0) is 16.7. The van der Waals surface area contributed by atoms with Crippen molar-refractivity contribution in [2.24, 2.45) is 0 Å². The third-order valence-electron chi connectivity index (χ3n) is 3.44. The van der Waals surface area contributed by atoms with Gasteiger partial charge in [0.1, 0.15) is 17.9 Å². The molecular weight excluding hydrogens is 278 g/mol. The molecular formula is C18H29NO3. The van der Waals surface area contributed by atoms with E-state index in [2.05, 4.69) is 18.7 Å². The molecule has 4 heteroatoms. The lowest BCUT2D eigenvalue weighted by molar-refractivity contribution is 0.0498. The lowest BCUT2D eigenvalue weighted by Crippen LogP contribution is -2.21. The summed E-state index contributed by atoms with van der Waals surface area (Å²) in [6, 6.07) is 4.01. The molecule has 0 saturated heterocycles. The number of hydrogen-bond acceptors (Lipinski definition) is 4. The Morgan fingerprint density at radius 3 is 2.45 bits per heavy atom. The topological polar surface area (TPSA) is 38.8 Å². The number of carbonyl (C=O) groups excluding carboxylic acids is 1. The summed E-state index contributed by atoms with van der Waals surface area (Å²) >= 11 is 0. The van der Waals surface area contributed by atoms with Crippen molar-refractivity contribution in [3.05, 3.63) is 28.8 Å². The van der Waals surface area contributed by atoms with Crippen molar-refractivity contribution in [2.75, 3.05) is 33.9 Å². The average Bonchev–Trinajstić information content (AvgIpc) is 2.45. The summed E-state index contributed by atoms with van der Waals surface area (Å²) in [6.07, 6.45) is 0.811. The summed E-state index contributed by atoms with van der Waals surface area (Å²) < 4.78 is 11.3. The van der Waals surface area contributed by atoms with Crippen LogP contribution < -0.4 is 4.74 Å². The van der Waals surface area contributed by atoms with Crippen LogP contribution in [0.4, 0.5) is 0 Å². The van der Waals surface area contributed by atoms with Crippen LogP contribution in [0.3, 0.4) is 0 Å². The Kier molecular flexibility index (Phi) is 7.39.